The van der Waals surface area contributed by atoms with Crippen molar-refractivity contribution in [3.05, 3.63) is 28.8 Å². The van der Waals surface area contributed by atoms with E-state index >= 15 is 0 Å². The molecule has 0 amide bonds. The van der Waals surface area contributed by atoms with Gasteiger partial charge in [-0.25, -0.2) is 0 Å². The Kier molecular flexibility index (Phi) is 5.59. The Hall–Kier alpha value is -1.10. The third-order valence-corrected chi connectivity index (χ3v) is 3.15. The summed E-state index contributed by atoms with van der Waals surface area (Å²) in [7, 11) is 1.63. The standard InChI is InChI=1S/C14H23NO3/c1-9-7-12(18-4)8-10(2)13(9)14(17)11(3)15-5-6-16/h7-8,11,14-17H,5-6H2,1-4H3. The fraction of sp³-hybridized carbons (Fsp3) is 0.571. The Morgan fingerprint density at radius 2 is 1.83 bits per heavy atom. The molecule has 4 nitrogen and oxygen atoms in total. The molecule has 18 heavy (non-hydrogen) atoms. The monoisotopic (exact) mass is 253 g/mol. The molecule has 1 aromatic rings. The maximum absolute atomic E-state index is 10.4. The van der Waals surface area contributed by atoms with Gasteiger partial charge in [-0.15, -0.1) is 0 Å². The quantitative estimate of drug-likeness (QED) is 0.715. The number of hydrogen-bond acceptors (Lipinski definition) is 4. The van der Waals surface area contributed by atoms with E-state index in [0.717, 1.165) is 22.4 Å². The Morgan fingerprint density at radius 3 is 2.28 bits per heavy atom. The van der Waals surface area contributed by atoms with Gasteiger partial charge in [-0.2, -0.15) is 0 Å². The average molecular weight is 253 g/mol. The van der Waals surface area contributed by atoms with Crippen LogP contribution in [0.2, 0.25) is 0 Å². The van der Waals surface area contributed by atoms with Gasteiger partial charge in [0.15, 0.2) is 0 Å². The zero-order valence-corrected chi connectivity index (χ0v) is 11.5. The lowest BCUT2D eigenvalue weighted by Gasteiger charge is -2.24. The maximum atomic E-state index is 10.4. The van der Waals surface area contributed by atoms with Crippen molar-refractivity contribution in [2.75, 3.05) is 20.3 Å². The van der Waals surface area contributed by atoms with E-state index in [4.69, 9.17) is 9.84 Å². The van der Waals surface area contributed by atoms with Crippen LogP contribution in [0.4, 0.5) is 0 Å². The summed E-state index contributed by atoms with van der Waals surface area (Å²) in [5.74, 6) is 0.803. The average Bonchev–Trinajstić information content (AvgIpc) is 2.34. The second kappa shape index (κ2) is 6.73. The molecule has 0 fully saturated rings. The second-order valence-corrected chi connectivity index (χ2v) is 4.59. The maximum Gasteiger partial charge on any atom is 0.119 e. The van der Waals surface area contributed by atoms with Crippen LogP contribution in [0.5, 0.6) is 5.75 Å². The number of aryl methyl sites for hydroxylation is 2. The largest absolute Gasteiger partial charge is 0.497 e. The van der Waals surface area contributed by atoms with E-state index in [-0.39, 0.29) is 12.6 Å². The predicted octanol–water partition coefficient (Wildman–Crippen LogP) is 1.32. The molecular weight excluding hydrogens is 230 g/mol. The Labute approximate surface area is 109 Å². The molecule has 0 saturated heterocycles. The Morgan fingerprint density at radius 1 is 1.28 bits per heavy atom. The van der Waals surface area contributed by atoms with Gasteiger partial charge < -0.3 is 20.3 Å². The summed E-state index contributed by atoms with van der Waals surface area (Å²) < 4.78 is 5.21. The van der Waals surface area contributed by atoms with E-state index in [1.807, 2.05) is 32.9 Å². The first-order chi connectivity index (χ1) is 8.51. The summed E-state index contributed by atoms with van der Waals surface area (Å²) in [6.07, 6.45) is -0.595. The zero-order chi connectivity index (χ0) is 13.7. The van der Waals surface area contributed by atoms with Gasteiger partial charge in [0.05, 0.1) is 19.8 Å². The smallest absolute Gasteiger partial charge is 0.119 e. The molecular formula is C14H23NO3. The lowest BCUT2D eigenvalue weighted by molar-refractivity contribution is 0.131. The van der Waals surface area contributed by atoms with Crippen LogP contribution in [0.15, 0.2) is 12.1 Å². The summed E-state index contributed by atoms with van der Waals surface area (Å²) in [4.78, 5) is 0. The predicted molar refractivity (Wildman–Crippen MR) is 72.0 cm³/mol. The molecule has 2 atom stereocenters. The van der Waals surface area contributed by atoms with Crippen LogP contribution in [-0.2, 0) is 0 Å². The van der Waals surface area contributed by atoms with E-state index in [1.54, 1.807) is 7.11 Å². The molecule has 0 radical (unpaired) electrons. The normalized spacial score (nSPS) is 14.3. The summed E-state index contributed by atoms with van der Waals surface area (Å²) in [5.41, 5.74) is 2.95. The molecule has 102 valence electrons. The number of benzene rings is 1. The van der Waals surface area contributed by atoms with Crippen molar-refractivity contribution < 1.29 is 14.9 Å². The van der Waals surface area contributed by atoms with Crippen LogP contribution < -0.4 is 10.1 Å². The summed E-state index contributed by atoms with van der Waals surface area (Å²) in [6.45, 7) is 6.38. The third-order valence-electron chi connectivity index (χ3n) is 3.15. The van der Waals surface area contributed by atoms with E-state index < -0.39 is 6.10 Å². The first-order valence-electron chi connectivity index (χ1n) is 6.18. The van der Waals surface area contributed by atoms with Crippen LogP contribution in [0.1, 0.15) is 29.7 Å². The molecule has 1 rings (SSSR count). The molecule has 1 aromatic carbocycles. The van der Waals surface area contributed by atoms with Crippen molar-refractivity contribution in [1.29, 1.82) is 0 Å². The number of methoxy groups -OCH3 is 1. The highest BCUT2D eigenvalue weighted by atomic mass is 16.5. The summed E-state index contributed by atoms with van der Waals surface area (Å²) in [5, 5.41) is 22.2. The van der Waals surface area contributed by atoms with Crippen LogP contribution in [0, 0.1) is 13.8 Å². The zero-order valence-electron chi connectivity index (χ0n) is 11.5. The highest BCUT2D eigenvalue weighted by Gasteiger charge is 2.20. The van der Waals surface area contributed by atoms with Crippen LogP contribution in [0.3, 0.4) is 0 Å². The van der Waals surface area contributed by atoms with Gasteiger partial charge in [0.1, 0.15) is 5.75 Å². The van der Waals surface area contributed by atoms with E-state index in [0.29, 0.717) is 6.54 Å². The number of rotatable bonds is 6. The minimum Gasteiger partial charge on any atom is -0.497 e. The molecule has 0 saturated carbocycles. The highest BCUT2D eigenvalue weighted by molar-refractivity contribution is 5.42. The molecule has 3 N–H and O–H groups in total. The number of ether oxygens (including phenoxy) is 1. The third kappa shape index (κ3) is 3.45. The molecule has 0 heterocycles. The van der Waals surface area contributed by atoms with Crippen molar-refractivity contribution in [1.82, 2.24) is 5.32 Å². The van der Waals surface area contributed by atoms with Crippen molar-refractivity contribution in [3.8, 4) is 5.75 Å². The molecule has 0 aromatic heterocycles. The van der Waals surface area contributed by atoms with Crippen LogP contribution >= 0.6 is 0 Å². The van der Waals surface area contributed by atoms with Crippen molar-refractivity contribution in [2.45, 2.75) is 32.9 Å². The lowest BCUT2D eigenvalue weighted by atomic mass is 9.94. The Bertz CT molecular complexity index is 370. The van der Waals surface area contributed by atoms with Gasteiger partial charge in [0.2, 0.25) is 0 Å². The van der Waals surface area contributed by atoms with E-state index in [1.165, 1.54) is 0 Å². The number of aliphatic hydroxyl groups is 2. The summed E-state index contributed by atoms with van der Waals surface area (Å²) >= 11 is 0. The van der Waals surface area contributed by atoms with E-state index in [2.05, 4.69) is 5.32 Å². The van der Waals surface area contributed by atoms with Crippen molar-refractivity contribution >= 4 is 0 Å². The van der Waals surface area contributed by atoms with Crippen molar-refractivity contribution in [2.24, 2.45) is 0 Å². The minimum absolute atomic E-state index is 0.0671. The number of nitrogens with one attached hydrogen (secondary N) is 1. The fourth-order valence-corrected chi connectivity index (χ4v) is 2.17. The number of aliphatic hydroxyl groups excluding tert-OH is 2. The molecule has 4 heteroatoms. The lowest BCUT2D eigenvalue weighted by Crippen LogP contribution is -2.34. The number of hydrogen-bond donors (Lipinski definition) is 3. The van der Waals surface area contributed by atoms with Gasteiger partial charge in [-0.3, -0.25) is 0 Å². The minimum atomic E-state index is -0.595. The fourth-order valence-electron chi connectivity index (χ4n) is 2.17. The van der Waals surface area contributed by atoms with Gasteiger partial charge >= 0.3 is 0 Å². The molecule has 0 bridgehead atoms. The molecule has 0 spiro atoms. The first kappa shape index (κ1) is 15.0. The summed E-state index contributed by atoms with van der Waals surface area (Å²) in [6, 6.07) is 3.73. The van der Waals surface area contributed by atoms with Crippen LogP contribution in [0.25, 0.3) is 0 Å². The van der Waals surface area contributed by atoms with Gasteiger partial charge in [-0.05, 0) is 49.6 Å². The highest BCUT2D eigenvalue weighted by Crippen LogP contribution is 2.28. The van der Waals surface area contributed by atoms with Gasteiger partial charge in [-0.1, -0.05) is 0 Å². The van der Waals surface area contributed by atoms with Crippen molar-refractivity contribution in [3.63, 3.8) is 0 Å². The Balaban J connectivity index is 2.94. The van der Waals surface area contributed by atoms with E-state index in [9.17, 15) is 5.11 Å². The topological polar surface area (TPSA) is 61.7 Å². The molecule has 2 unspecified atom stereocenters. The molecule has 0 aliphatic carbocycles. The molecule has 0 aliphatic heterocycles. The second-order valence-electron chi connectivity index (χ2n) is 4.59. The molecule has 0 aliphatic rings. The SMILES string of the molecule is COc1cc(C)c(C(O)C(C)NCCO)c(C)c1. The van der Waals surface area contributed by atoms with Gasteiger partial charge in [0, 0.05) is 12.6 Å². The first-order valence-corrected chi connectivity index (χ1v) is 6.18. The van der Waals surface area contributed by atoms with Crippen LogP contribution in [-0.4, -0.2) is 36.5 Å². The van der Waals surface area contributed by atoms with Gasteiger partial charge in [0.25, 0.3) is 0 Å².